The molecule has 4 heteroatoms. The van der Waals surface area contributed by atoms with E-state index in [9.17, 15) is 10.5 Å². The van der Waals surface area contributed by atoms with Crippen molar-refractivity contribution < 1.29 is 0 Å². The smallest absolute Gasteiger partial charge is 0.0992 e. The first-order valence-corrected chi connectivity index (χ1v) is 15.9. The van der Waals surface area contributed by atoms with E-state index in [2.05, 4.69) is 85.0 Å². The summed E-state index contributed by atoms with van der Waals surface area (Å²) in [5.74, 6) is 0. The minimum atomic E-state index is 0.612. The van der Waals surface area contributed by atoms with Crippen LogP contribution in [0.25, 0.3) is 60.2 Å². The molecule has 0 bridgehead atoms. The van der Waals surface area contributed by atoms with Crippen LogP contribution >= 0.6 is 22.7 Å². The van der Waals surface area contributed by atoms with Gasteiger partial charge in [0, 0.05) is 29.6 Å². The molecule has 0 aliphatic heterocycles. The topological polar surface area (TPSA) is 47.6 Å². The molecule has 2 aliphatic rings. The normalized spacial score (nSPS) is 13.8. The summed E-state index contributed by atoms with van der Waals surface area (Å²) in [5, 5.41) is 24.0. The molecule has 2 aliphatic carbocycles. The lowest BCUT2D eigenvalue weighted by atomic mass is 9.88. The molecule has 0 atom stereocenters. The number of nitrogens with zero attached hydrogens (tertiary/aromatic N) is 2. The van der Waals surface area contributed by atoms with Crippen LogP contribution in [0, 0.1) is 22.7 Å². The van der Waals surface area contributed by atoms with Crippen molar-refractivity contribution in [2.24, 2.45) is 0 Å². The fraction of sp³-hybridized carbons (Fsp3) is 0.105. The first-order valence-electron chi connectivity index (χ1n) is 14.2. The van der Waals surface area contributed by atoms with Gasteiger partial charge in [0.05, 0.1) is 23.3 Å². The second-order valence-electron chi connectivity index (χ2n) is 10.9. The van der Waals surface area contributed by atoms with Crippen LogP contribution in [0.4, 0.5) is 0 Å². The van der Waals surface area contributed by atoms with Crippen LogP contribution < -0.4 is 9.75 Å². The van der Waals surface area contributed by atoms with Crippen molar-refractivity contribution in [1.82, 2.24) is 0 Å². The SMILES string of the molecule is N#Cc1cc(C2=CCCc3c2sc2c3=CCCC=2)cc(-c2cc(C#N)cc(-c3cccc4c3sc3ccccc34)c2)c1. The quantitative estimate of drug-likeness (QED) is 0.213. The molecule has 2 aromatic heterocycles. The van der Waals surface area contributed by atoms with Crippen LogP contribution in [0.1, 0.15) is 46.4 Å². The summed E-state index contributed by atoms with van der Waals surface area (Å²) < 4.78 is 3.87. The summed E-state index contributed by atoms with van der Waals surface area (Å²) in [7, 11) is 0. The third-order valence-electron chi connectivity index (χ3n) is 8.39. The molecule has 4 aromatic carbocycles. The summed E-state index contributed by atoms with van der Waals surface area (Å²) in [4.78, 5) is 1.34. The van der Waals surface area contributed by atoms with E-state index < -0.39 is 0 Å². The predicted molar refractivity (Wildman–Crippen MR) is 177 cm³/mol. The van der Waals surface area contributed by atoms with Crippen molar-refractivity contribution in [3.05, 3.63) is 122 Å². The third kappa shape index (κ3) is 4.04. The molecule has 0 spiro atoms. The highest BCUT2D eigenvalue weighted by Crippen LogP contribution is 2.41. The fourth-order valence-electron chi connectivity index (χ4n) is 6.49. The fourth-order valence-corrected chi connectivity index (χ4v) is 9.11. The number of hydrogen-bond donors (Lipinski definition) is 0. The molecule has 6 aromatic rings. The molecule has 2 heterocycles. The van der Waals surface area contributed by atoms with Gasteiger partial charge in [0.15, 0.2) is 0 Å². The Hall–Kier alpha value is -4.74. The summed E-state index contributed by atoms with van der Waals surface area (Å²) in [5.41, 5.74) is 9.04. The average molecular weight is 573 g/mol. The Balaban J connectivity index is 1.30. The molecule has 0 radical (unpaired) electrons. The zero-order valence-corrected chi connectivity index (χ0v) is 24.4. The van der Waals surface area contributed by atoms with Gasteiger partial charge in [-0.25, -0.2) is 0 Å². The molecule has 0 saturated heterocycles. The Kier molecular flexibility index (Phi) is 5.93. The number of fused-ring (bicyclic) bond motifs is 6. The maximum atomic E-state index is 10.1. The molecule has 0 unspecified atom stereocenters. The Labute approximate surface area is 252 Å². The van der Waals surface area contributed by atoms with Crippen molar-refractivity contribution in [2.45, 2.75) is 25.7 Å². The largest absolute Gasteiger partial charge is 0.192 e. The van der Waals surface area contributed by atoms with E-state index in [0.717, 1.165) is 53.5 Å². The number of hydrogen-bond acceptors (Lipinski definition) is 4. The van der Waals surface area contributed by atoms with Gasteiger partial charge in [-0.05, 0) is 112 Å². The van der Waals surface area contributed by atoms with Crippen molar-refractivity contribution in [2.75, 3.05) is 0 Å². The monoisotopic (exact) mass is 572 g/mol. The molecule has 0 N–H and O–H groups in total. The Bertz CT molecular complexity index is 2330. The van der Waals surface area contributed by atoms with Crippen LogP contribution in [0.3, 0.4) is 0 Å². The predicted octanol–water partition coefficient (Wildman–Crippen LogP) is 8.93. The molecule has 42 heavy (non-hydrogen) atoms. The van der Waals surface area contributed by atoms with Gasteiger partial charge < -0.3 is 0 Å². The lowest BCUT2D eigenvalue weighted by molar-refractivity contribution is 0.973. The van der Waals surface area contributed by atoms with E-state index in [1.807, 2.05) is 35.6 Å². The van der Waals surface area contributed by atoms with Crippen molar-refractivity contribution in [1.29, 1.82) is 10.5 Å². The third-order valence-corrected chi connectivity index (χ3v) is 10.9. The maximum Gasteiger partial charge on any atom is 0.0992 e. The van der Waals surface area contributed by atoms with Gasteiger partial charge in [0.25, 0.3) is 0 Å². The first-order chi connectivity index (χ1) is 20.7. The molecule has 2 nitrogen and oxygen atoms in total. The Morgan fingerprint density at radius 3 is 2.17 bits per heavy atom. The van der Waals surface area contributed by atoms with E-state index in [-0.39, 0.29) is 0 Å². The number of thiophene rings is 2. The van der Waals surface area contributed by atoms with Gasteiger partial charge in [-0.1, -0.05) is 54.6 Å². The maximum absolute atomic E-state index is 10.1. The Morgan fingerprint density at radius 2 is 1.33 bits per heavy atom. The molecule has 198 valence electrons. The second-order valence-corrected chi connectivity index (χ2v) is 13.0. The zero-order chi connectivity index (χ0) is 28.2. The highest BCUT2D eigenvalue weighted by atomic mass is 32.1. The molecule has 0 fully saturated rings. The molecule has 0 saturated carbocycles. The average Bonchev–Trinajstić information content (AvgIpc) is 3.63. The van der Waals surface area contributed by atoms with Gasteiger partial charge in [-0.3, -0.25) is 0 Å². The molecule has 0 amide bonds. The molecular formula is C38H24N2S2. The minimum absolute atomic E-state index is 0.612. The van der Waals surface area contributed by atoms with E-state index in [0.29, 0.717) is 11.1 Å². The molecule has 8 rings (SSSR count). The lowest BCUT2D eigenvalue weighted by Crippen LogP contribution is -2.24. The lowest BCUT2D eigenvalue weighted by Gasteiger charge is -2.16. The summed E-state index contributed by atoms with van der Waals surface area (Å²) in [6.07, 6.45) is 11.4. The van der Waals surface area contributed by atoms with Crippen molar-refractivity contribution in [3.63, 3.8) is 0 Å². The standard InChI is InChI=1S/C38H24N2S2/c39-21-23-15-25(19-27(17-23)29-9-5-11-33-31-7-1-3-13-35(31)41-37(29)33)26-16-24(22-40)18-28(20-26)30-10-6-12-34-32-8-2-4-14-36(32)42-38(30)34/h1,3,5,7-11,13-20H,2,4,6,12H2. The summed E-state index contributed by atoms with van der Waals surface area (Å²) in [6, 6.07) is 32.0. The zero-order valence-electron chi connectivity index (χ0n) is 22.8. The van der Waals surface area contributed by atoms with E-state index in [1.54, 1.807) is 11.3 Å². The van der Waals surface area contributed by atoms with Crippen LogP contribution in [0.2, 0.25) is 0 Å². The van der Waals surface area contributed by atoms with Gasteiger partial charge in [0.1, 0.15) is 0 Å². The van der Waals surface area contributed by atoms with Crippen LogP contribution in [0.5, 0.6) is 0 Å². The highest BCUT2D eigenvalue weighted by Gasteiger charge is 2.21. The van der Waals surface area contributed by atoms with Crippen molar-refractivity contribution >= 4 is 60.6 Å². The number of rotatable bonds is 3. The summed E-state index contributed by atoms with van der Waals surface area (Å²) in [6.45, 7) is 0. The minimum Gasteiger partial charge on any atom is -0.192 e. The van der Waals surface area contributed by atoms with Gasteiger partial charge >= 0.3 is 0 Å². The summed E-state index contributed by atoms with van der Waals surface area (Å²) >= 11 is 3.68. The van der Waals surface area contributed by atoms with Crippen molar-refractivity contribution in [3.8, 4) is 34.4 Å². The first kappa shape index (κ1) is 25.0. The van der Waals surface area contributed by atoms with Gasteiger partial charge in [-0.15, -0.1) is 22.7 Å². The van der Waals surface area contributed by atoms with E-state index in [1.165, 1.54) is 45.9 Å². The number of nitriles is 2. The van der Waals surface area contributed by atoms with Crippen LogP contribution in [-0.2, 0) is 6.42 Å². The van der Waals surface area contributed by atoms with Crippen LogP contribution in [0.15, 0.2) is 84.9 Å². The second kappa shape index (κ2) is 9.97. The number of benzene rings is 4. The van der Waals surface area contributed by atoms with Gasteiger partial charge in [0.2, 0.25) is 0 Å². The van der Waals surface area contributed by atoms with E-state index in [4.69, 9.17) is 0 Å². The number of allylic oxidation sites excluding steroid dienone is 1. The van der Waals surface area contributed by atoms with Crippen LogP contribution in [-0.4, -0.2) is 0 Å². The van der Waals surface area contributed by atoms with Gasteiger partial charge in [-0.2, -0.15) is 10.5 Å². The Morgan fingerprint density at radius 1 is 0.619 bits per heavy atom. The molecular weight excluding hydrogens is 549 g/mol. The van der Waals surface area contributed by atoms with E-state index >= 15 is 0 Å². The highest BCUT2D eigenvalue weighted by molar-refractivity contribution is 7.26.